The molecule has 6 heteroatoms. The molecule has 37 heavy (non-hydrogen) atoms. The SMILES string of the molecule is O=S1(c2cccc3oc4ccccc4c23)=NC(c2cccc3oc4ccccc4c23)=Nc2ccccc21. The highest BCUT2D eigenvalue weighted by Gasteiger charge is 2.29. The summed E-state index contributed by atoms with van der Waals surface area (Å²) >= 11 is 0. The van der Waals surface area contributed by atoms with E-state index in [9.17, 15) is 0 Å². The third-order valence-electron chi connectivity index (χ3n) is 6.91. The Morgan fingerprint density at radius 1 is 0.541 bits per heavy atom. The molecular weight excluding hydrogens is 480 g/mol. The van der Waals surface area contributed by atoms with Crippen LogP contribution in [0, 0.1) is 0 Å². The second-order valence-corrected chi connectivity index (χ2v) is 11.1. The van der Waals surface area contributed by atoms with E-state index in [0.29, 0.717) is 26.9 Å². The molecule has 0 aliphatic carbocycles. The topological polar surface area (TPSA) is 68.1 Å². The van der Waals surface area contributed by atoms with Gasteiger partial charge in [-0.15, -0.1) is 0 Å². The first-order valence-corrected chi connectivity index (χ1v) is 13.5. The molecule has 5 aromatic carbocycles. The number of amidine groups is 1. The summed E-state index contributed by atoms with van der Waals surface area (Å²) in [5.74, 6) is 0.422. The number of aliphatic imine (C=N–C) groups is 1. The van der Waals surface area contributed by atoms with Gasteiger partial charge in [0.1, 0.15) is 32.1 Å². The lowest BCUT2D eigenvalue weighted by molar-refractivity contribution is 0.667. The monoisotopic (exact) mass is 498 g/mol. The van der Waals surface area contributed by atoms with Crippen molar-refractivity contribution in [3.05, 3.63) is 115 Å². The highest BCUT2D eigenvalue weighted by atomic mass is 32.2. The zero-order chi connectivity index (χ0) is 24.6. The van der Waals surface area contributed by atoms with Crippen LogP contribution in [-0.4, -0.2) is 10.0 Å². The lowest BCUT2D eigenvalue weighted by atomic mass is 10.1. The molecule has 0 radical (unpaired) electrons. The fourth-order valence-corrected chi connectivity index (χ4v) is 7.53. The summed E-state index contributed by atoms with van der Waals surface area (Å²) in [6.45, 7) is 0. The fraction of sp³-hybridized carbons (Fsp3) is 0. The molecule has 5 nitrogen and oxygen atoms in total. The molecule has 0 N–H and O–H groups in total. The van der Waals surface area contributed by atoms with Crippen LogP contribution in [0.2, 0.25) is 0 Å². The highest BCUT2D eigenvalue weighted by molar-refractivity contribution is 7.94. The van der Waals surface area contributed by atoms with Crippen molar-refractivity contribution >= 4 is 65.1 Å². The van der Waals surface area contributed by atoms with E-state index in [1.807, 2.05) is 109 Å². The number of fused-ring (bicyclic) bond motifs is 7. The first-order valence-electron chi connectivity index (χ1n) is 12.0. The van der Waals surface area contributed by atoms with E-state index >= 15 is 4.21 Å². The van der Waals surface area contributed by atoms with Gasteiger partial charge < -0.3 is 8.83 Å². The third kappa shape index (κ3) is 2.84. The maximum atomic E-state index is 15.2. The number of hydrogen-bond acceptors (Lipinski definition) is 5. The van der Waals surface area contributed by atoms with Gasteiger partial charge in [-0.05, 0) is 42.5 Å². The quantitative estimate of drug-likeness (QED) is 0.240. The molecule has 2 aromatic heterocycles. The van der Waals surface area contributed by atoms with Gasteiger partial charge in [0.25, 0.3) is 0 Å². The van der Waals surface area contributed by atoms with E-state index in [-0.39, 0.29) is 0 Å². The van der Waals surface area contributed by atoms with Gasteiger partial charge in [-0.3, -0.25) is 0 Å². The molecular formula is C31H18N2O3S. The fourth-order valence-electron chi connectivity index (χ4n) is 5.30. The maximum absolute atomic E-state index is 15.2. The molecule has 0 spiro atoms. The number of nitrogens with zero attached hydrogens (tertiary/aromatic N) is 2. The Morgan fingerprint density at radius 3 is 1.89 bits per heavy atom. The number of hydrogen-bond donors (Lipinski definition) is 0. The van der Waals surface area contributed by atoms with Crippen molar-refractivity contribution in [3.63, 3.8) is 0 Å². The van der Waals surface area contributed by atoms with E-state index in [1.54, 1.807) is 0 Å². The van der Waals surface area contributed by atoms with Gasteiger partial charge in [-0.1, -0.05) is 66.7 Å². The van der Waals surface area contributed by atoms with E-state index in [2.05, 4.69) is 0 Å². The van der Waals surface area contributed by atoms with Crippen LogP contribution >= 0.6 is 0 Å². The van der Waals surface area contributed by atoms with E-state index in [0.717, 1.165) is 43.9 Å². The van der Waals surface area contributed by atoms with Crippen molar-refractivity contribution in [2.75, 3.05) is 0 Å². The molecule has 0 fully saturated rings. The Balaban J connectivity index is 1.49. The summed E-state index contributed by atoms with van der Waals surface area (Å²) in [7, 11) is -3.11. The average Bonchev–Trinajstić information content (AvgIpc) is 3.51. The largest absolute Gasteiger partial charge is 0.456 e. The maximum Gasteiger partial charge on any atom is 0.170 e. The van der Waals surface area contributed by atoms with Gasteiger partial charge in [0.05, 0.1) is 15.5 Å². The summed E-state index contributed by atoms with van der Waals surface area (Å²) in [5, 5.41) is 3.61. The van der Waals surface area contributed by atoms with Crippen molar-refractivity contribution in [2.45, 2.75) is 9.79 Å². The van der Waals surface area contributed by atoms with Gasteiger partial charge >= 0.3 is 0 Å². The first kappa shape index (κ1) is 20.5. The molecule has 1 aliphatic heterocycles. The predicted molar refractivity (Wildman–Crippen MR) is 147 cm³/mol. The van der Waals surface area contributed by atoms with E-state index < -0.39 is 9.73 Å². The van der Waals surface area contributed by atoms with Crippen LogP contribution in [0.1, 0.15) is 5.56 Å². The van der Waals surface area contributed by atoms with Crippen LogP contribution in [0.5, 0.6) is 0 Å². The Morgan fingerprint density at radius 2 is 1.11 bits per heavy atom. The molecule has 8 rings (SSSR count). The minimum Gasteiger partial charge on any atom is -0.456 e. The molecule has 1 aliphatic rings. The van der Waals surface area contributed by atoms with Gasteiger partial charge in [-0.25, -0.2) is 9.20 Å². The first-order chi connectivity index (χ1) is 18.2. The lowest BCUT2D eigenvalue weighted by Crippen LogP contribution is -2.12. The Kier molecular flexibility index (Phi) is 4.11. The van der Waals surface area contributed by atoms with Gasteiger partial charge in [0, 0.05) is 27.1 Å². The van der Waals surface area contributed by atoms with Gasteiger partial charge in [-0.2, -0.15) is 4.36 Å². The summed E-state index contributed by atoms with van der Waals surface area (Å²) in [4.78, 5) is 6.13. The Hall–Kier alpha value is -4.68. The highest BCUT2D eigenvalue weighted by Crippen LogP contribution is 2.42. The second kappa shape index (κ2) is 7.41. The average molecular weight is 499 g/mol. The molecule has 0 saturated heterocycles. The third-order valence-corrected chi connectivity index (χ3v) is 9.22. The Bertz CT molecular complexity index is 2210. The summed E-state index contributed by atoms with van der Waals surface area (Å²) in [5.41, 5.74) is 4.39. The van der Waals surface area contributed by atoms with Crippen molar-refractivity contribution < 1.29 is 13.0 Å². The molecule has 1 unspecified atom stereocenters. The number of para-hydroxylation sites is 3. The van der Waals surface area contributed by atoms with Crippen molar-refractivity contribution in [1.29, 1.82) is 0 Å². The zero-order valence-electron chi connectivity index (χ0n) is 19.4. The van der Waals surface area contributed by atoms with E-state index in [1.165, 1.54) is 0 Å². The van der Waals surface area contributed by atoms with Crippen LogP contribution in [0.3, 0.4) is 0 Å². The van der Waals surface area contributed by atoms with Crippen molar-refractivity contribution in [3.8, 4) is 0 Å². The number of furan rings is 2. The number of rotatable bonds is 2. The molecule has 3 heterocycles. The van der Waals surface area contributed by atoms with Crippen molar-refractivity contribution in [2.24, 2.45) is 9.36 Å². The molecule has 176 valence electrons. The molecule has 1 atom stereocenters. The summed E-state index contributed by atoms with van der Waals surface area (Å²) in [6, 6.07) is 34.8. The lowest BCUT2D eigenvalue weighted by Gasteiger charge is -2.19. The van der Waals surface area contributed by atoms with E-state index in [4.69, 9.17) is 18.2 Å². The van der Waals surface area contributed by atoms with Crippen LogP contribution in [0.15, 0.2) is 137 Å². The molecule has 0 amide bonds. The minimum atomic E-state index is -3.11. The number of benzene rings is 5. The summed E-state index contributed by atoms with van der Waals surface area (Å²) in [6.07, 6.45) is 0. The standard InChI is InChI=1S/C31H18N2O3S/c34-37(28-18-8-16-26-30(28)20-10-2-5-14-24(20)36-26)27-17-6-3-12-22(27)32-31(33-37)21-11-7-15-25-29(21)19-9-1-4-13-23(19)35-25/h1-18H. The van der Waals surface area contributed by atoms with Crippen LogP contribution in [-0.2, 0) is 9.73 Å². The van der Waals surface area contributed by atoms with Gasteiger partial charge in [0.15, 0.2) is 5.84 Å². The molecule has 0 saturated carbocycles. The van der Waals surface area contributed by atoms with Crippen molar-refractivity contribution in [1.82, 2.24) is 0 Å². The Labute approximate surface area is 211 Å². The van der Waals surface area contributed by atoms with Crippen LogP contribution in [0.4, 0.5) is 5.69 Å². The summed E-state index contributed by atoms with van der Waals surface area (Å²) < 4.78 is 32.4. The molecule has 7 aromatic rings. The normalized spacial score (nSPS) is 17.2. The zero-order valence-corrected chi connectivity index (χ0v) is 20.2. The minimum absolute atomic E-state index is 0.422. The van der Waals surface area contributed by atoms with Crippen LogP contribution < -0.4 is 0 Å². The predicted octanol–water partition coefficient (Wildman–Crippen LogP) is 8.46. The molecule has 0 bridgehead atoms. The van der Waals surface area contributed by atoms with Gasteiger partial charge in [0.2, 0.25) is 0 Å². The second-order valence-electron chi connectivity index (χ2n) is 9.02. The smallest absolute Gasteiger partial charge is 0.170 e. The van der Waals surface area contributed by atoms with Crippen LogP contribution in [0.25, 0.3) is 43.9 Å².